The number of oxazole rings is 1. The number of benzene rings is 4. The number of rotatable bonds is 8. The molecule has 1 aliphatic heterocycles. The molecular weight excluding hydrogens is 566 g/mol. The Kier molecular flexibility index (Phi) is 8.06. The average molecular weight is 607 g/mol. The fourth-order valence-corrected chi connectivity index (χ4v) is 6.55. The maximum atomic E-state index is 6.39. The Morgan fingerprint density at radius 2 is 1.48 bits per heavy atom. The number of fused-ring (bicyclic) bond motifs is 2. The third kappa shape index (κ3) is 5.54. The van der Waals surface area contributed by atoms with Crippen molar-refractivity contribution < 1.29 is 13.7 Å². The van der Waals surface area contributed by atoms with Crippen molar-refractivity contribution in [2.75, 3.05) is 16.3 Å². The van der Waals surface area contributed by atoms with Crippen LogP contribution in [0.4, 0.5) is 17.1 Å². The standard InChI is InChI=1S/C41H40N3O2/c1-5-42-35-23-17-29(3)27-37(35)45-39(42)25-21-31-19-20-32(22-26-40-43(6-2)36-24-18-30(4)28-38(36)46-40)41(31)44(33-13-9-7-10-14-33)34-15-11-8-12-16-34/h7-18,21-28H,5-6,19-20H2,1-4H3/q+1. The molecule has 0 spiro atoms. The fraction of sp³-hybridized carbons (Fsp3) is 0.195. The molecule has 0 fully saturated rings. The van der Waals surface area contributed by atoms with Gasteiger partial charge in [0.15, 0.2) is 5.75 Å². The van der Waals surface area contributed by atoms with Gasteiger partial charge in [0.1, 0.15) is 6.54 Å². The average Bonchev–Trinajstić information content (AvgIpc) is 3.75. The van der Waals surface area contributed by atoms with Crippen LogP contribution in [0.5, 0.6) is 5.75 Å². The summed E-state index contributed by atoms with van der Waals surface area (Å²) >= 11 is 0. The van der Waals surface area contributed by atoms with E-state index in [1.165, 1.54) is 28.0 Å². The first-order valence-corrected chi connectivity index (χ1v) is 16.3. The minimum absolute atomic E-state index is 0.830. The van der Waals surface area contributed by atoms with Crippen molar-refractivity contribution in [3.8, 4) is 5.75 Å². The highest BCUT2D eigenvalue weighted by molar-refractivity contribution is 5.75. The van der Waals surface area contributed by atoms with E-state index in [0.717, 1.165) is 71.6 Å². The molecule has 0 bridgehead atoms. The predicted molar refractivity (Wildman–Crippen MR) is 188 cm³/mol. The quantitative estimate of drug-likeness (QED) is 0.165. The molecule has 46 heavy (non-hydrogen) atoms. The largest absolute Gasteiger partial charge is 0.439 e. The molecule has 0 N–H and O–H groups in total. The molecule has 7 rings (SSSR count). The Morgan fingerprint density at radius 1 is 0.783 bits per heavy atom. The lowest BCUT2D eigenvalue weighted by Gasteiger charge is -2.28. The van der Waals surface area contributed by atoms with Gasteiger partial charge >= 0.3 is 5.89 Å². The summed E-state index contributed by atoms with van der Waals surface area (Å²) < 4.78 is 15.0. The summed E-state index contributed by atoms with van der Waals surface area (Å²) in [5.74, 6) is 2.62. The van der Waals surface area contributed by atoms with Crippen LogP contribution >= 0.6 is 0 Å². The minimum Gasteiger partial charge on any atom is -0.439 e. The maximum absolute atomic E-state index is 6.39. The van der Waals surface area contributed by atoms with Gasteiger partial charge in [-0.2, -0.15) is 4.57 Å². The number of nitrogens with zero attached hydrogens (tertiary/aromatic N) is 3. The Hall–Kier alpha value is -5.29. The van der Waals surface area contributed by atoms with Crippen LogP contribution in [-0.2, 0) is 6.54 Å². The van der Waals surface area contributed by atoms with E-state index in [-0.39, 0.29) is 0 Å². The Balaban J connectivity index is 1.36. The first kappa shape index (κ1) is 29.4. The second-order valence-corrected chi connectivity index (χ2v) is 11.9. The fourth-order valence-electron chi connectivity index (χ4n) is 6.55. The number of allylic oxidation sites excluding steroid dienone is 5. The summed E-state index contributed by atoms with van der Waals surface area (Å²) in [5, 5.41) is 0. The van der Waals surface area contributed by atoms with Crippen LogP contribution in [0, 0.1) is 13.8 Å². The lowest BCUT2D eigenvalue weighted by Crippen LogP contribution is -2.33. The van der Waals surface area contributed by atoms with Gasteiger partial charge in [0.05, 0.1) is 17.5 Å². The zero-order valence-electron chi connectivity index (χ0n) is 27.0. The zero-order chi connectivity index (χ0) is 31.6. The van der Waals surface area contributed by atoms with E-state index in [1.807, 2.05) is 0 Å². The van der Waals surface area contributed by atoms with Gasteiger partial charge in [-0.05, 0) is 117 Å². The van der Waals surface area contributed by atoms with Crippen LogP contribution in [0.3, 0.4) is 0 Å². The third-order valence-electron chi connectivity index (χ3n) is 8.78. The van der Waals surface area contributed by atoms with Crippen LogP contribution in [0.25, 0.3) is 17.2 Å². The van der Waals surface area contributed by atoms with Gasteiger partial charge in [0.2, 0.25) is 11.5 Å². The maximum Gasteiger partial charge on any atom is 0.374 e. The summed E-state index contributed by atoms with van der Waals surface area (Å²) in [7, 11) is 0. The molecule has 4 aromatic carbocycles. The molecule has 5 aromatic rings. The van der Waals surface area contributed by atoms with Crippen molar-refractivity contribution in [1.29, 1.82) is 0 Å². The summed E-state index contributed by atoms with van der Waals surface area (Å²) in [5.41, 5.74) is 11.5. The summed E-state index contributed by atoms with van der Waals surface area (Å²) in [6.07, 6.45) is 10.6. The van der Waals surface area contributed by atoms with Crippen molar-refractivity contribution in [1.82, 2.24) is 0 Å². The molecule has 0 unspecified atom stereocenters. The summed E-state index contributed by atoms with van der Waals surface area (Å²) in [4.78, 5) is 4.63. The second kappa shape index (κ2) is 12.6. The monoisotopic (exact) mass is 606 g/mol. The van der Waals surface area contributed by atoms with Gasteiger partial charge in [0, 0.05) is 24.0 Å². The first-order chi connectivity index (χ1) is 22.5. The SMILES string of the molecule is CCN1C(=CC=C2CCC(C=Cc3oc4cc(C)ccc4[n+]3CC)=C2N(c2ccccc2)c2ccccc2)Oc2cc(C)ccc21. The number of hydrogen-bond donors (Lipinski definition) is 0. The van der Waals surface area contributed by atoms with Gasteiger partial charge in [-0.25, -0.2) is 0 Å². The molecule has 0 atom stereocenters. The molecule has 1 aromatic heterocycles. The Labute approximate surface area is 271 Å². The predicted octanol–water partition coefficient (Wildman–Crippen LogP) is 9.94. The molecule has 5 nitrogen and oxygen atoms in total. The van der Waals surface area contributed by atoms with E-state index < -0.39 is 0 Å². The van der Waals surface area contributed by atoms with Crippen LogP contribution in [0.1, 0.15) is 43.7 Å². The van der Waals surface area contributed by atoms with Crippen molar-refractivity contribution in [3.05, 3.63) is 155 Å². The molecule has 2 aliphatic rings. The van der Waals surface area contributed by atoms with Crippen molar-refractivity contribution >= 4 is 34.2 Å². The van der Waals surface area contributed by atoms with E-state index in [2.05, 4.69) is 163 Å². The number of anilines is 3. The summed E-state index contributed by atoms with van der Waals surface area (Å²) in [6, 6.07) is 34.1. The molecule has 2 heterocycles. The van der Waals surface area contributed by atoms with Crippen molar-refractivity contribution in [3.63, 3.8) is 0 Å². The van der Waals surface area contributed by atoms with Gasteiger partial charge in [-0.3, -0.25) is 0 Å². The third-order valence-corrected chi connectivity index (χ3v) is 8.78. The first-order valence-electron chi connectivity index (χ1n) is 16.3. The normalized spacial score (nSPS) is 16.3. The van der Waals surface area contributed by atoms with Crippen LogP contribution in [0.15, 0.2) is 142 Å². The number of hydrogen-bond acceptors (Lipinski definition) is 4. The Bertz CT molecular complexity index is 1980. The zero-order valence-corrected chi connectivity index (χ0v) is 27.0. The van der Waals surface area contributed by atoms with Gasteiger partial charge in [-0.15, -0.1) is 0 Å². The van der Waals surface area contributed by atoms with Gasteiger partial charge in [-0.1, -0.05) is 54.6 Å². The molecule has 0 saturated heterocycles. The highest BCUT2D eigenvalue weighted by atomic mass is 16.5. The number of ether oxygens (including phenoxy) is 1. The number of aryl methyl sites for hydroxylation is 3. The summed E-state index contributed by atoms with van der Waals surface area (Å²) in [6.45, 7) is 10.2. The molecular formula is C41H40N3O2+. The van der Waals surface area contributed by atoms with E-state index in [9.17, 15) is 0 Å². The highest BCUT2D eigenvalue weighted by Gasteiger charge is 2.28. The lowest BCUT2D eigenvalue weighted by molar-refractivity contribution is -0.674. The van der Waals surface area contributed by atoms with Gasteiger partial charge in [0.25, 0.3) is 5.52 Å². The van der Waals surface area contributed by atoms with E-state index >= 15 is 0 Å². The van der Waals surface area contributed by atoms with E-state index in [1.54, 1.807) is 0 Å². The molecule has 230 valence electrons. The molecule has 0 amide bonds. The van der Waals surface area contributed by atoms with E-state index in [4.69, 9.17) is 9.15 Å². The van der Waals surface area contributed by atoms with Crippen LogP contribution < -0.4 is 19.1 Å². The second-order valence-electron chi connectivity index (χ2n) is 11.9. The van der Waals surface area contributed by atoms with Crippen molar-refractivity contribution in [2.24, 2.45) is 0 Å². The molecule has 0 radical (unpaired) electrons. The van der Waals surface area contributed by atoms with Crippen molar-refractivity contribution in [2.45, 2.75) is 47.1 Å². The van der Waals surface area contributed by atoms with Crippen LogP contribution in [0.2, 0.25) is 0 Å². The highest BCUT2D eigenvalue weighted by Crippen LogP contribution is 2.43. The Morgan fingerprint density at radius 3 is 2.17 bits per heavy atom. The smallest absolute Gasteiger partial charge is 0.374 e. The topological polar surface area (TPSA) is 32.7 Å². The van der Waals surface area contributed by atoms with E-state index in [0.29, 0.717) is 0 Å². The molecule has 1 aliphatic carbocycles. The molecule has 5 heteroatoms. The molecule has 0 saturated carbocycles. The number of para-hydroxylation sites is 2. The van der Waals surface area contributed by atoms with Gasteiger partial charge < -0.3 is 19.0 Å². The minimum atomic E-state index is 0.830. The number of aromatic nitrogens is 1. The van der Waals surface area contributed by atoms with Crippen LogP contribution in [-0.4, -0.2) is 6.54 Å². The lowest BCUT2D eigenvalue weighted by atomic mass is 10.1.